The van der Waals surface area contributed by atoms with E-state index in [2.05, 4.69) is 0 Å². The van der Waals surface area contributed by atoms with Crippen LogP contribution < -0.4 is 5.63 Å². The summed E-state index contributed by atoms with van der Waals surface area (Å²) in [7, 11) is 0. The normalized spacial score (nSPS) is 23.8. The molecule has 24 heavy (non-hydrogen) atoms. The van der Waals surface area contributed by atoms with Crippen LogP contribution in [0.3, 0.4) is 0 Å². The van der Waals surface area contributed by atoms with Gasteiger partial charge in [0.1, 0.15) is 27.5 Å². The summed E-state index contributed by atoms with van der Waals surface area (Å²) < 4.78 is 10.2. The molecular weight excluding hydrogens is 363 g/mol. The van der Waals surface area contributed by atoms with Crippen LogP contribution in [0.15, 0.2) is 27.4 Å². The van der Waals surface area contributed by atoms with Gasteiger partial charge in [0.05, 0.1) is 0 Å². The first-order valence-corrected chi connectivity index (χ1v) is 7.77. The van der Waals surface area contributed by atoms with Crippen LogP contribution >= 0.6 is 23.2 Å². The number of alkyl halides is 2. The minimum atomic E-state index is -1.44. The number of halogens is 2. The number of cyclic esters (lactones) is 1. The number of benzene rings is 1. The van der Waals surface area contributed by atoms with Gasteiger partial charge >= 0.3 is 11.6 Å². The Bertz CT molecular complexity index is 876. The third kappa shape index (κ3) is 2.79. The molecule has 9 heteroatoms. The van der Waals surface area contributed by atoms with Gasteiger partial charge in [0, 0.05) is 18.9 Å². The summed E-state index contributed by atoms with van der Waals surface area (Å²) in [5.74, 6) is -1.44. The molecule has 1 aliphatic heterocycles. The minimum absolute atomic E-state index is 0.0747. The predicted molar refractivity (Wildman–Crippen MR) is 84.5 cm³/mol. The number of phenols is 2. The van der Waals surface area contributed by atoms with Gasteiger partial charge in [-0.05, 0) is 17.5 Å². The highest BCUT2D eigenvalue weighted by Crippen LogP contribution is 2.39. The van der Waals surface area contributed by atoms with E-state index in [0.29, 0.717) is 0 Å². The van der Waals surface area contributed by atoms with Crippen LogP contribution in [0.1, 0.15) is 12.2 Å². The molecule has 1 fully saturated rings. The molecule has 0 amide bonds. The van der Waals surface area contributed by atoms with Crippen LogP contribution in [0.2, 0.25) is 0 Å². The Morgan fingerprint density at radius 1 is 1.25 bits per heavy atom. The zero-order valence-corrected chi connectivity index (χ0v) is 13.5. The maximum absolute atomic E-state index is 12.1. The average molecular weight is 375 g/mol. The maximum Gasteiger partial charge on any atom is 0.347 e. The number of rotatable bonds is 3. The zero-order chi connectivity index (χ0) is 17.6. The Labute approximate surface area is 145 Å². The topological polar surface area (TPSA) is 117 Å². The molecule has 3 N–H and O–H groups in total. The van der Waals surface area contributed by atoms with Crippen molar-refractivity contribution in [2.75, 3.05) is 0 Å². The standard InChI is InChI=1S/C15H12Cl2O7/c16-14(17)15(5-10(20)12(21)24-15)4-8-2-6-1-7(18)3-9(19)11(6)13(22)23-8/h1-3,10,14,18-20H,4-5H2. The van der Waals surface area contributed by atoms with E-state index < -0.39 is 33.9 Å². The maximum atomic E-state index is 12.1. The summed E-state index contributed by atoms with van der Waals surface area (Å²) in [5, 5.41) is 29.0. The number of phenolic OH excluding ortho intramolecular Hbond substituents is 2. The predicted octanol–water partition coefficient (Wildman–Crippen LogP) is 1.60. The fraction of sp³-hybridized carbons (Fsp3) is 0.333. The van der Waals surface area contributed by atoms with Crippen LogP contribution in [0.25, 0.3) is 10.8 Å². The first-order chi connectivity index (χ1) is 11.2. The van der Waals surface area contributed by atoms with Gasteiger partial charge in [0.25, 0.3) is 0 Å². The molecule has 2 atom stereocenters. The number of aliphatic hydroxyl groups is 1. The van der Waals surface area contributed by atoms with Gasteiger partial charge < -0.3 is 24.5 Å². The lowest BCUT2D eigenvalue weighted by Gasteiger charge is -2.28. The highest BCUT2D eigenvalue weighted by Gasteiger charge is 2.51. The Kier molecular flexibility index (Phi) is 4.11. The molecule has 0 spiro atoms. The van der Waals surface area contributed by atoms with Gasteiger partial charge in [-0.25, -0.2) is 9.59 Å². The second-order valence-corrected chi connectivity index (χ2v) is 6.71. The Balaban J connectivity index is 2.07. The fourth-order valence-electron chi connectivity index (χ4n) is 2.76. The third-order valence-electron chi connectivity index (χ3n) is 3.86. The number of hydrogen-bond acceptors (Lipinski definition) is 7. The van der Waals surface area contributed by atoms with Gasteiger partial charge in [0.15, 0.2) is 11.7 Å². The van der Waals surface area contributed by atoms with Crippen molar-refractivity contribution >= 4 is 39.9 Å². The van der Waals surface area contributed by atoms with Crippen molar-refractivity contribution in [2.24, 2.45) is 0 Å². The molecule has 2 unspecified atom stereocenters. The van der Waals surface area contributed by atoms with Crippen molar-refractivity contribution in [1.82, 2.24) is 0 Å². The lowest BCUT2D eigenvalue weighted by molar-refractivity contribution is -0.152. The van der Waals surface area contributed by atoms with E-state index >= 15 is 0 Å². The molecule has 1 aromatic carbocycles. The number of esters is 1. The molecule has 1 aliphatic rings. The summed E-state index contributed by atoms with van der Waals surface area (Å²) in [4.78, 5) is 22.4. The third-order valence-corrected chi connectivity index (χ3v) is 4.66. The minimum Gasteiger partial charge on any atom is -0.508 e. The van der Waals surface area contributed by atoms with Crippen LogP contribution in [-0.4, -0.2) is 37.8 Å². The van der Waals surface area contributed by atoms with E-state index in [1.165, 1.54) is 12.1 Å². The van der Waals surface area contributed by atoms with Gasteiger partial charge in [-0.2, -0.15) is 0 Å². The van der Waals surface area contributed by atoms with Gasteiger partial charge in [-0.1, -0.05) is 0 Å². The molecule has 1 aromatic heterocycles. The molecule has 7 nitrogen and oxygen atoms in total. The van der Waals surface area contributed by atoms with E-state index in [0.717, 1.165) is 6.07 Å². The molecule has 0 saturated carbocycles. The highest BCUT2D eigenvalue weighted by atomic mass is 35.5. The van der Waals surface area contributed by atoms with Crippen molar-refractivity contribution < 1.29 is 29.3 Å². The number of hydrogen-bond donors (Lipinski definition) is 3. The summed E-state index contributed by atoms with van der Waals surface area (Å²) in [5.41, 5.74) is -2.28. The van der Waals surface area contributed by atoms with Gasteiger partial charge in [-0.3, -0.25) is 0 Å². The molecule has 0 aliphatic carbocycles. The first-order valence-electron chi connectivity index (χ1n) is 6.89. The first kappa shape index (κ1) is 16.9. The smallest absolute Gasteiger partial charge is 0.347 e. The second kappa shape index (κ2) is 5.84. The number of ether oxygens (including phenoxy) is 1. The van der Waals surface area contributed by atoms with Crippen LogP contribution in [0, 0.1) is 0 Å². The second-order valence-electron chi connectivity index (χ2n) is 5.61. The lowest BCUT2D eigenvalue weighted by atomic mass is 9.94. The van der Waals surface area contributed by atoms with Crippen LogP contribution in [-0.2, 0) is 16.0 Å². The fourth-order valence-corrected chi connectivity index (χ4v) is 3.19. The van der Waals surface area contributed by atoms with Crippen LogP contribution in [0.4, 0.5) is 0 Å². The number of carbonyl (C=O) groups excluding carboxylic acids is 1. The Hall–Kier alpha value is -1.96. The monoisotopic (exact) mass is 374 g/mol. The summed E-state index contributed by atoms with van der Waals surface area (Å²) in [6.07, 6.45) is -1.68. The van der Waals surface area contributed by atoms with E-state index in [4.69, 9.17) is 32.4 Å². The summed E-state index contributed by atoms with van der Waals surface area (Å²) >= 11 is 11.8. The molecule has 1 saturated heterocycles. The van der Waals surface area contributed by atoms with E-state index in [9.17, 15) is 24.9 Å². The quantitative estimate of drug-likeness (QED) is 0.551. The molecule has 0 radical (unpaired) electrons. The molecule has 2 heterocycles. The summed E-state index contributed by atoms with van der Waals surface area (Å²) in [6.45, 7) is 0. The zero-order valence-electron chi connectivity index (χ0n) is 12.0. The van der Waals surface area contributed by atoms with Crippen molar-refractivity contribution in [3.05, 3.63) is 34.4 Å². The van der Waals surface area contributed by atoms with Crippen molar-refractivity contribution in [2.45, 2.75) is 29.4 Å². The summed E-state index contributed by atoms with van der Waals surface area (Å²) in [6, 6.07) is 3.69. The van der Waals surface area contributed by atoms with Crippen molar-refractivity contribution in [1.29, 1.82) is 0 Å². The number of aromatic hydroxyl groups is 2. The van der Waals surface area contributed by atoms with Crippen LogP contribution in [0.5, 0.6) is 11.5 Å². The average Bonchev–Trinajstić information content (AvgIpc) is 2.73. The SMILES string of the molecule is O=C1OC(Cc2cc3cc(O)cc(O)c3c(=O)o2)(C(Cl)Cl)CC1O. The Morgan fingerprint density at radius 2 is 1.96 bits per heavy atom. The number of aliphatic hydroxyl groups excluding tert-OH is 1. The highest BCUT2D eigenvalue weighted by molar-refractivity contribution is 6.45. The van der Waals surface area contributed by atoms with Gasteiger partial charge in [-0.15, -0.1) is 23.2 Å². The molecule has 3 rings (SSSR count). The largest absolute Gasteiger partial charge is 0.508 e. The van der Waals surface area contributed by atoms with Gasteiger partial charge in [0.2, 0.25) is 0 Å². The number of fused-ring (bicyclic) bond motifs is 1. The Morgan fingerprint density at radius 3 is 2.54 bits per heavy atom. The van der Waals surface area contributed by atoms with E-state index in [-0.39, 0.29) is 35.1 Å². The van der Waals surface area contributed by atoms with E-state index in [1.54, 1.807) is 0 Å². The van der Waals surface area contributed by atoms with Crippen molar-refractivity contribution in [3.8, 4) is 11.5 Å². The molecule has 128 valence electrons. The molecule has 0 bridgehead atoms. The number of carbonyl (C=O) groups is 1. The van der Waals surface area contributed by atoms with Crippen molar-refractivity contribution in [3.63, 3.8) is 0 Å². The van der Waals surface area contributed by atoms with E-state index in [1.807, 2.05) is 0 Å². The molecule has 2 aromatic rings. The molecular formula is C15H12Cl2O7. The lowest BCUT2D eigenvalue weighted by Crippen LogP contribution is -2.39.